The Kier molecular flexibility index (Phi) is 5.38. The summed E-state index contributed by atoms with van der Waals surface area (Å²) in [6.07, 6.45) is 0.876. The van der Waals surface area contributed by atoms with Gasteiger partial charge in [0.05, 0.1) is 6.54 Å². The van der Waals surface area contributed by atoms with Crippen molar-refractivity contribution in [2.45, 2.75) is 45.7 Å². The van der Waals surface area contributed by atoms with Crippen molar-refractivity contribution in [2.24, 2.45) is 0 Å². The zero-order valence-electron chi connectivity index (χ0n) is 13.4. The van der Waals surface area contributed by atoms with E-state index in [1.807, 2.05) is 0 Å². The van der Waals surface area contributed by atoms with Crippen LogP contribution in [0.25, 0.3) is 0 Å². The molecule has 0 bridgehead atoms. The Morgan fingerprint density at radius 3 is 2.83 bits per heavy atom. The van der Waals surface area contributed by atoms with Crippen molar-refractivity contribution >= 4 is 29.7 Å². The molecule has 0 saturated heterocycles. The van der Waals surface area contributed by atoms with Crippen LogP contribution in [0.1, 0.15) is 52.5 Å². The van der Waals surface area contributed by atoms with Gasteiger partial charge in [-0.2, -0.15) is 5.10 Å². The molecule has 3 heterocycles. The van der Waals surface area contributed by atoms with Crippen LogP contribution >= 0.6 is 23.7 Å². The molecule has 3 rings (SSSR count). The van der Waals surface area contributed by atoms with Gasteiger partial charge in [-0.05, 0) is 0 Å². The molecule has 2 aromatic heterocycles. The van der Waals surface area contributed by atoms with Crippen LogP contribution in [0.5, 0.6) is 0 Å². The fraction of sp³-hybridized carbons (Fsp3) is 0.571. The minimum atomic E-state index is -0.172. The van der Waals surface area contributed by atoms with Gasteiger partial charge in [-0.3, -0.25) is 9.89 Å². The molecule has 0 atom stereocenters. The van der Waals surface area contributed by atoms with Crippen LogP contribution in [0.2, 0.25) is 0 Å². The van der Waals surface area contributed by atoms with E-state index in [0.717, 1.165) is 34.2 Å². The number of amides is 1. The van der Waals surface area contributed by atoms with E-state index < -0.39 is 0 Å². The summed E-state index contributed by atoms with van der Waals surface area (Å²) in [6, 6.07) is 0. The molecule has 23 heavy (non-hydrogen) atoms. The third kappa shape index (κ3) is 3.88. The summed E-state index contributed by atoms with van der Waals surface area (Å²) >= 11 is 1.53. The van der Waals surface area contributed by atoms with Gasteiger partial charge >= 0.3 is 0 Å². The lowest BCUT2D eigenvalue weighted by atomic mass is 9.98. The van der Waals surface area contributed by atoms with E-state index in [-0.39, 0.29) is 23.7 Å². The number of rotatable bonds is 3. The summed E-state index contributed by atoms with van der Waals surface area (Å²) in [4.78, 5) is 12.3. The van der Waals surface area contributed by atoms with Gasteiger partial charge in [0.25, 0.3) is 5.91 Å². The van der Waals surface area contributed by atoms with E-state index in [4.69, 9.17) is 0 Å². The molecule has 0 radical (unpaired) electrons. The minimum absolute atomic E-state index is 0. The van der Waals surface area contributed by atoms with Crippen molar-refractivity contribution in [1.82, 2.24) is 31.0 Å². The van der Waals surface area contributed by atoms with Crippen molar-refractivity contribution in [1.29, 1.82) is 0 Å². The Bertz CT molecular complexity index is 690. The predicted octanol–water partition coefficient (Wildman–Crippen LogP) is 1.56. The van der Waals surface area contributed by atoms with E-state index in [1.165, 1.54) is 11.3 Å². The second-order valence-corrected chi connectivity index (χ2v) is 7.45. The van der Waals surface area contributed by atoms with Crippen molar-refractivity contribution in [3.8, 4) is 0 Å². The van der Waals surface area contributed by atoms with Gasteiger partial charge in [0.2, 0.25) is 0 Å². The molecule has 0 saturated carbocycles. The van der Waals surface area contributed by atoms with E-state index in [1.54, 1.807) is 0 Å². The molecule has 7 nitrogen and oxygen atoms in total. The Morgan fingerprint density at radius 1 is 1.35 bits per heavy atom. The normalized spacial score (nSPS) is 14.0. The highest BCUT2D eigenvalue weighted by Gasteiger charge is 2.22. The van der Waals surface area contributed by atoms with Gasteiger partial charge < -0.3 is 10.6 Å². The Labute approximate surface area is 145 Å². The Balaban J connectivity index is 0.00000192. The van der Waals surface area contributed by atoms with E-state index in [2.05, 4.69) is 51.8 Å². The minimum Gasteiger partial charge on any atom is -0.344 e. The first-order chi connectivity index (χ1) is 10.4. The first-order valence-electron chi connectivity index (χ1n) is 7.33. The number of nitrogens with one attached hydrogen (secondary N) is 3. The second-order valence-electron chi connectivity index (χ2n) is 6.39. The molecule has 2 aromatic rings. The van der Waals surface area contributed by atoms with Gasteiger partial charge in [-0.1, -0.05) is 32.1 Å². The van der Waals surface area contributed by atoms with Crippen molar-refractivity contribution < 1.29 is 4.79 Å². The van der Waals surface area contributed by atoms with Crippen LogP contribution in [0.3, 0.4) is 0 Å². The molecule has 0 fully saturated rings. The van der Waals surface area contributed by atoms with Crippen LogP contribution < -0.4 is 10.6 Å². The lowest BCUT2D eigenvalue weighted by Crippen LogP contribution is -2.28. The van der Waals surface area contributed by atoms with Gasteiger partial charge in [-0.25, -0.2) is 0 Å². The fourth-order valence-electron chi connectivity index (χ4n) is 2.28. The zero-order valence-corrected chi connectivity index (χ0v) is 15.0. The zero-order chi connectivity index (χ0) is 15.7. The van der Waals surface area contributed by atoms with Crippen molar-refractivity contribution in [2.75, 3.05) is 6.54 Å². The molecule has 126 valence electrons. The monoisotopic (exact) mass is 356 g/mol. The molecule has 9 heteroatoms. The highest BCUT2D eigenvalue weighted by molar-refractivity contribution is 7.11. The van der Waals surface area contributed by atoms with Crippen molar-refractivity contribution in [3.05, 3.63) is 27.0 Å². The van der Waals surface area contributed by atoms with Crippen LogP contribution in [0.15, 0.2) is 0 Å². The molecule has 0 aromatic carbocycles. The number of halogens is 1. The number of fused-ring (bicyclic) bond motifs is 1. The maximum atomic E-state index is 12.3. The first kappa shape index (κ1) is 17.8. The molecule has 1 aliphatic rings. The van der Waals surface area contributed by atoms with Crippen LogP contribution in [-0.2, 0) is 24.9 Å². The Hall–Kier alpha value is -1.51. The molecule has 0 aliphatic carbocycles. The second kappa shape index (κ2) is 6.94. The number of carbonyl (C=O) groups is 1. The van der Waals surface area contributed by atoms with Gasteiger partial charge in [0.15, 0.2) is 5.69 Å². The summed E-state index contributed by atoms with van der Waals surface area (Å²) in [5.41, 5.74) is 2.47. The number of nitrogens with zero attached hydrogens (tertiary/aromatic N) is 3. The number of aromatic nitrogens is 4. The number of hydrogen-bond donors (Lipinski definition) is 3. The average Bonchev–Trinajstić information content (AvgIpc) is 3.11. The van der Waals surface area contributed by atoms with Crippen LogP contribution in [0, 0.1) is 0 Å². The summed E-state index contributed by atoms with van der Waals surface area (Å²) in [7, 11) is 0. The van der Waals surface area contributed by atoms with Gasteiger partial charge in [-0.15, -0.1) is 22.6 Å². The fourth-order valence-corrected chi connectivity index (χ4v) is 3.12. The highest BCUT2D eigenvalue weighted by atomic mass is 35.5. The number of aromatic amines is 1. The SMILES string of the molecule is CC(C)(C)c1nnc(CNC(=O)c2n[nH]c3c2CNCC3)s1.Cl. The number of carbonyl (C=O) groups excluding carboxylic acids is 1. The largest absolute Gasteiger partial charge is 0.344 e. The molecular weight excluding hydrogens is 336 g/mol. The maximum absolute atomic E-state index is 12.3. The third-order valence-electron chi connectivity index (χ3n) is 3.53. The molecule has 0 spiro atoms. The summed E-state index contributed by atoms with van der Waals surface area (Å²) in [5, 5.41) is 23.3. The van der Waals surface area contributed by atoms with E-state index >= 15 is 0 Å². The van der Waals surface area contributed by atoms with Crippen LogP contribution in [0.4, 0.5) is 0 Å². The third-order valence-corrected chi connectivity index (χ3v) is 4.88. The van der Waals surface area contributed by atoms with E-state index in [9.17, 15) is 4.79 Å². The van der Waals surface area contributed by atoms with Crippen LogP contribution in [-0.4, -0.2) is 32.8 Å². The van der Waals surface area contributed by atoms with Gasteiger partial charge in [0, 0.05) is 36.2 Å². The molecule has 1 aliphatic heterocycles. The quantitative estimate of drug-likeness (QED) is 0.775. The average molecular weight is 357 g/mol. The predicted molar refractivity (Wildman–Crippen MR) is 91.0 cm³/mol. The summed E-state index contributed by atoms with van der Waals surface area (Å²) in [6.45, 7) is 8.26. The standard InChI is InChI=1S/C14H20N6OS.ClH/c1-14(2,3)13-20-18-10(22-13)7-16-12(21)11-8-6-15-5-4-9(8)17-19-11;/h15H,4-7H2,1-3H3,(H,16,21)(H,17,19);1H. The first-order valence-corrected chi connectivity index (χ1v) is 8.14. The summed E-state index contributed by atoms with van der Waals surface area (Å²) < 4.78 is 0. The highest BCUT2D eigenvalue weighted by Crippen LogP contribution is 2.25. The summed E-state index contributed by atoms with van der Waals surface area (Å²) in [5.74, 6) is -0.172. The van der Waals surface area contributed by atoms with Gasteiger partial charge in [0.1, 0.15) is 10.0 Å². The maximum Gasteiger partial charge on any atom is 0.272 e. The van der Waals surface area contributed by atoms with E-state index in [0.29, 0.717) is 18.8 Å². The smallest absolute Gasteiger partial charge is 0.272 e. The molecule has 3 N–H and O–H groups in total. The number of hydrogen-bond acceptors (Lipinski definition) is 6. The molecule has 1 amide bonds. The Morgan fingerprint density at radius 2 is 2.13 bits per heavy atom. The topological polar surface area (TPSA) is 95.6 Å². The number of H-pyrrole nitrogens is 1. The lowest BCUT2D eigenvalue weighted by molar-refractivity contribution is 0.0944. The molecular formula is C14H21ClN6OS. The van der Waals surface area contributed by atoms with Crippen molar-refractivity contribution in [3.63, 3.8) is 0 Å². The lowest BCUT2D eigenvalue weighted by Gasteiger charge is -2.12. The molecule has 0 unspecified atom stereocenters.